The molecule has 0 saturated carbocycles. The third-order valence-corrected chi connectivity index (χ3v) is 10.7. The van der Waals surface area contributed by atoms with Crippen LogP contribution in [0.15, 0.2) is 131 Å². The van der Waals surface area contributed by atoms with Crippen LogP contribution in [0.1, 0.15) is 15.9 Å². The van der Waals surface area contributed by atoms with Crippen LogP contribution in [0.25, 0.3) is 6.08 Å². The smallest absolute Gasteiger partial charge is 0.296 e. The minimum atomic E-state index is -5.23. The molecule has 0 radical (unpaired) electrons. The number of carbonyl (C=O) groups excluding carboxylic acids is 1. The Bertz CT molecular complexity index is 2970. The number of nitrogens with one attached hydrogen (secondary N) is 2. The highest BCUT2D eigenvalue weighted by Gasteiger charge is 2.37. The van der Waals surface area contributed by atoms with E-state index in [1.807, 2.05) is 0 Å². The number of carbonyl (C=O) groups is 1. The molecular weight excluding hydrogens is 819 g/mol. The molecule has 0 fully saturated rings. The number of hydrogen-bond donors (Lipinski definition) is 9. The first-order valence-corrected chi connectivity index (χ1v) is 20.4. The van der Waals surface area contributed by atoms with Crippen LogP contribution in [-0.2, 0) is 30.4 Å². The van der Waals surface area contributed by atoms with E-state index in [2.05, 4.69) is 36.3 Å². The third-order valence-electron chi connectivity index (χ3n) is 8.04. The summed E-state index contributed by atoms with van der Waals surface area (Å²) in [5.41, 5.74) is 24.7. The molecule has 0 atom stereocenters. The lowest BCUT2D eigenvalue weighted by Gasteiger charge is -2.20. The second-order valence-electron chi connectivity index (χ2n) is 12.1. The van der Waals surface area contributed by atoms with Crippen molar-refractivity contribution in [3.05, 3.63) is 107 Å². The van der Waals surface area contributed by atoms with Crippen molar-refractivity contribution >= 4 is 110 Å². The fourth-order valence-corrected chi connectivity index (χ4v) is 7.31. The number of rotatable bonds is 11. The van der Waals surface area contributed by atoms with Crippen molar-refractivity contribution in [3.8, 4) is 0 Å². The second-order valence-corrected chi connectivity index (χ2v) is 16.3. The van der Waals surface area contributed by atoms with Gasteiger partial charge in [0.1, 0.15) is 26.1 Å². The van der Waals surface area contributed by atoms with E-state index in [4.69, 9.17) is 22.9 Å². The van der Waals surface area contributed by atoms with Gasteiger partial charge in [-0.3, -0.25) is 23.9 Å². The predicted molar refractivity (Wildman–Crippen MR) is 216 cm³/mol. The molecule has 0 bridgehead atoms. The lowest BCUT2D eigenvalue weighted by Crippen LogP contribution is -2.28. The molecule has 0 aliphatic heterocycles. The minimum Gasteiger partial charge on any atom is -0.399 e. The van der Waals surface area contributed by atoms with Crippen LogP contribution in [0.3, 0.4) is 0 Å². The first kappa shape index (κ1) is 40.6. The monoisotopic (exact) mass is 847 g/mol. The summed E-state index contributed by atoms with van der Waals surface area (Å²) in [5.74, 6) is -1.21. The Morgan fingerprint density at radius 3 is 1.81 bits per heavy atom. The zero-order valence-corrected chi connectivity index (χ0v) is 31.7. The number of fused-ring (bicyclic) bond motifs is 1. The van der Waals surface area contributed by atoms with Gasteiger partial charge < -0.3 is 28.3 Å². The van der Waals surface area contributed by atoms with Gasteiger partial charge in [-0.15, -0.1) is 10.2 Å². The molecule has 0 spiro atoms. The standard InChI is InChI=1S/C34H29N11O10S3/c35-18-1-4-21(5-2-18)41-45-33-29(58(53,54)55)14-17-13-28(57(50,51)52)32(31(38)30(17)34(33)46)44-42-23-10-12-26(27(16-23)56(47,48)49)39-20-6-8-22(9-7-20)40-43-25-11-3-19(36)15-24(25)37/h1-16,39,41H,35-38H2,(H,47,48,49)(H,50,51,52)(H,53,54,55)/b43-40?,44-42?,45-33+. The number of ketones is 1. The molecule has 5 aromatic carbocycles. The lowest BCUT2D eigenvalue weighted by atomic mass is 9.92. The Morgan fingerprint density at radius 1 is 0.586 bits per heavy atom. The van der Waals surface area contributed by atoms with E-state index in [9.17, 15) is 43.7 Å². The van der Waals surface area contributed by atoms with Crippen molar-refractivity contribution in [2.45, 2.75) is 9.79 Å². The van der Waals surface area contributed by atoms with Crippen molar-refractivity contribution in [3.63, 3.8) is 0 Å². The Labute approximate surface area is 329 Å². The van der Waals surface area contributed by atoms with E-state index in [-0.39, 0.29) is 17.1 Å². The van der Waals surface area contributed by atoms with Crippen LogP contribution in [0, 0.1) is 0 Å². The number of nitrogen functional groups attached to an aromatic ring is 4. The second kappa shape index (κ2) is 15.4. The summed E-state index contributed by atoms with van der Waals surface area (Å²) in [6, 6.07) is 20.8. The molecule has 1 aliphatic carbocycles. The van der Waals surface area contributed by atoms with Crippen LogP contribution in [-0.4, -0.2) is 50.4 Å². The van der Waals surface area contributed by atoms with Gasteiger partial charge >= 0.3 is 0 Å². The Balaban J connectivity index is 1.34. The fraction of sp³-hybridized carbons (Fsp3) is 0. The minimum absolute atomic E-state index is 0.121. The highest BCUT2D eigenvalue weighted by atomic mass is 32.2. The van der Waals surface area contributed by atoms with Crippen LogP contribution in [0.2, 0.25) is 0 Å². The van der Waals surface area contributed by atoms with Gasteiger partial charge in [0, 0.05) is 17.1 Å². The maximum Gasteiger partial charge on any atom is 0.296 e. The predicted octanol–water partition coefficient (Wildman–Crippen LogP) is 5.98. The number of nitrogens with two attached hydrogens (primary N) is 4. The zero-order chi connectivity index (χ0) is 42.2. The number of hydrazone groups is 1. The average Bonchev–Trinajstić information content (AvgIpc) is 3.14. The third kappa shape index (κ3) is 8.96. The number of allylic oxidation sites excluding steroid dienone is 1. The van der Waals surface area contributed by atoms with E-state index in [0.29, 0.717) is 46.3 Å². The molecular formula is C34H29N11O10S3. The number of azo groups is 2. The molecule has 298 valence electrons. The molecule has 0 amide bonds. The highest BCUT2D eigenvalue weighted by Crippen LogP contribution is 2.41. The SMILES string of the molecule is Nc1ccc(N/N=C2/C(=O)c3c(cc(S(=O)(=O)O)c(N=Nc4ccc(Nc5ccc(N=Nc6ccc(N)cc6N)cc5)c(S(=O)(=O)O)c4)c3N)C=C2S(=O)(=O)O)cc1. The van der Waals surface area contributed by atoms with Crippen molar-refractivity contribution < 1.29 is 43.7 Å². The van der Waals surface area contributed by atoms with Gasteiger partial charge in [-0.25, -0.2) is 0 Å². The van der Waals surface area contributed by atoms with Crippen LogP contribution in [0.4, 0.5) is 62.6 Å². The maximum absolute atomic E-state index is 13.7. The Hall–Kier alpha value is -7.09. The molecule has 0 saturated heterocycles. The number of Topliss-reactive ketones (excluding diaryl/α,β-unsaturated/α-hetero) is 1. The van der Waals surface area contributed by atoms with E-state index < -0.39 is 79.0 Å². The lowest BCUT2D eigenvalue weighted by molar-refractivity contribution is 0.106. The van der Waals surface area contributed by atoms with Crippen molar-refractivity contribution in [2.75, 3.05) is 33.7 Å². The molecule has 13 N–H and O–H groups in total. The Kier molecular flexibility index (Phi) is 10.8. The zero-order valence-electron chi connectivity index (χ0n) is 29.2. The summed E-state index contributed by atoms with van der Waals surface area (Å²) in [7, 11) is -15.4. The molecule has 24 heteroatoms. The highest BCUT2D eigenvalue weighted by molar-refractivity contribution is 7.91. The van der Waals surface area contributed by atoms with E-state index in [0.717, 1.165) is 6.07 Å². The average molecular weight is 848 g/mol. The van der Waals surface area contributed by atoms with Crippen LogP contribution in [0.5, 0.6) is 0 Å². The molecule has 21 nitrogen and oxygen atoms in total. The summed E-state index contributed by atoms with van der Waals surface area (Å²) in [4.78, 5) is 11.0. The number of nitrogens with zero attached hydrogens (tertiary/aromatic N) is 5. The van der Waals surface area contributed by atoms with Crippen molar-refractivity contribution in [1.82, 2.24) is 0 Å². The first-order chi connectivity index (χ1) is 27.2. The molecule has 0 aromatic heterocycles. The van der Waals surface area contributed by atoms with Gasteiger partial charge in [0.05, 0.1) is 39.7 Å². The number of benzene rings is 5. The quantitative estimate of drug-likeness (QED) is 0.0319. The van der Waals surface area contributed by atoms with Crippen LogP contribution >= 0.6 is 0 Å². The van der Waals surface area contributed by atoms with Gasteiger partial charge in [0.25, 0.3) is 30.4 Å². The van der Waals surface area contributed by atoms with Gasteiger partial charge in [-0.2, -0.15) is 40.6 Å². The van der Waals surface area contributed by atoms with Gasteiger partial charge in [-0.05, 0) is 103 Å². The Morgan fingerprint density at radius 2 is 1.19 bits per heavy atom. The summed E-state index contributed by atoms with van der Waals surface area (Å²) < 4.78 is 105. The van der Waals surface area contributed by atoms with E-state index in [1.54, 1.807) is 24.3 Å². The summed E-state index contributed by atoms with van der Waals surface area (Å²) in [5, 5.41) is 22.5. The molecule has 5 aromatic rings. The molecule has 6 rings (SSSR count). The van der Waals surface area contributed by atoms with Crippen LogP contribution < -0.4 is 33.7 Å². The van der Waals surface area contributed by atoms with E-state index >= 15 is 0 Å². The molecule has 0 unspecified atom stereocenters. The normalized spacial score (nSPS) is 14.2. The van der Waals surface area contributed by atoms with Gasteiger partial charge in [0.2, 0.25) is 5.78 Å². The summed E-state index contributed by atoms with van der Waals surface area (Å²) in [6.07, 6.45) is 0.709. The summed E-state index contributed by atoms with van der Waals surface area (Å²) >= 11 is 0. The maximum atomic E-state index is 13.7. The van der Waals surface area contributed by atoms with Gasteiger partial charge in [-0.1, -0.05) is 0 Å². The van der Waals surface area contributed by atoms with E-state index in [1.165, 1.54) is 54.6 Å². The summed E-state index contributed by atoms with van der Waals surface area (Å²) in [6.45, 7) is 0. The van der Waals surface area contributed by atoms with Crippen molar-refractivity contribution in [2.24, 2.45) is 25.6 Å². The fourth-order valence-electron chi connectivity index (χ4n) is 5.32. The molecule has 58 heavy (non-hydrogen) atoms. The van der Waals surface area contributed by atoms with Crippen molar-refractivity contribution in [1.29, 1.82) is 0 Å². The first-order valence-electron chi connectivity index (χ1n) is 16.0. The molecule has 1 aliphatic rings. The largest absolute Gasteiger partial charge is 0.399 e. The molecule has 0 heterocycles. The topological polar surface area (TPSA) is 370 Å². The number of anilines is 7. The van der Waals surface area contributed by atoms with Gasteiger partial charge in [0.15, 0.2) is 5.71 Å². The number of hydrogen-bond acceptors (Lipinski definition) is 18.